The lowest BCUT2D eigenvalue weighted by Gasteiger charge is -1.93. The highest BCUT2D eigenvalue weighted by molar-refractivity contribution is 5.34. The van der Waals surface area contributed by atoms with Gasteiger partial charge in [0.2, 0.25) is 0 Å². The van der Waals surface area contributed by atoms with E-state index in [-0.39, 0.29) is 0 Å². The summed E-state index contributed by atoms with van der Waals surface area (Å²) in [5, 5.41) is 0. The van der Waals surface area contributed by atoms with Crippen molar-refractivity contribution in [2.45, 2.75) is 20.8 Å². The van der Waals surface area contributed by atoms with E-state index in [0.29, 0.717) is 0 Å². The average Bonchev–Trinajstić information content (AvgIpc) is 1.82. The summed E-state index contributed by atoms with van der Waals surface area (Å²) in [6.45, 7) is 9.44. The summed E-state index contributed by atoms with van der Waals surface area (Å²) in [5.41, 5.74) is 2.17. The van der Waals surface area contributed by atoms with Crippen LogP contribution < -0.4 is 0 Å². The second-order valence-electron chi connectivity index (χ2n) is 2.04. The maximum absolute atomic E-state index is 3.82. The average molecular weight is 123 g/mol. The van der Waals surface area contributed by atoms with E-state index in [0.717, 1.165) is 5.70 Å². The first-order valence-corrected chi connectivity index (χ1v) is 2.99. The van der Waals surface area contributed by atoms with Gasteiger partial charge in [0.1, 0.15) is 0 Å². The van der Waals surface area contributed by atoms with Crippen LogP contribution in [0.25, 0.3) is 0 Å². The molecule has 0 amide bonds. The lowest BCUT2D eigenvalue weighted by atomic mass is 10.2. The van der Waals surface area contributed by atoms with Crippen molar-refractivity contribution in [3.8, 4) is 0 Å². The number of hydrogen-bond acceptors (Lipinski definition) is 1. The van der Waals surface area contributed by atoms with Gasteiger partial charge in [-0.3, -0.25) is 4.99 Å². The van der Waals surface area contributed by atoms with E-state index in [2.05, 4.69) is 11.7 Å². The molecule has 0 aromatic carbocycles. The van der Waals surface area contributed by atoms with E-state index in [4.69, 9.17) is 0 Å². The van der Waals surface area contributed by atoms with Crippen LogP contribution in [-0.4, -0.2) is 6.72 Å². The van der Waals surface area contributed by atoms with Gasteiger partial charge in [-0.1, -0.05) is 11.6 Å². The summed E-state index contributed by atoms with van der Waals surface area (Å²) in [4.78, 5) is 3.82. The van der Waals surface area contributed by atoms with E-state index in [1.54, 1.807) is 0 Å². The molecule has 0 aliphatic heterocycles. The maximum Gasteiger partial charge on any atom is 0.0605 e. The summed E-state index contributed by atoms with van der Waals surface area (Å²) in [5.74, 6) is 0. The van der Waals surface area contributed by atoms with E-state index in [1.807, 2.05) is 32.9 Å². The molecule has 0 saturated heterocycles. The van der Waals surface area contributed by atoms with Crippen LogP contribution in [0.15, 0.2) is 28.4 Å². The highest BCUT2D eigenvalue weighted by Crippen LogP contribution is 2.04. The Morgan fingerprint density at radius 2 is 2.00 bits per heavy atom. The molecule has 0 rings (SSSR count). The Balaban J connectivity index is 4.34. The van der Waals surface area contributed by atoms with Gasteiger partial charge in [-0.05, 0) is 33.6 Å². The third-order valence-electron chi connectivity index (χ3n) is 1.01. The van der Waals surface area contributed by atoms with Crippen molar-refractivity contribution in [3.05, 3.63) is 23.4 Å². The van der Waals surface area contributed by atoms with Crippen LogP contribution in [-0.2, 0) is 0 Å². The van der Waals surface area contributed by atoms with Crippen LogP contribution in [0.5, 0.6) is 0 Å². The fraction of sp³-hybridized carbons (Fsp3) is 0.375. The Labute approximate surface area is 56.8 Å². The zero-order valence-electron chi connectivity index (χ0n) is 6.31. The predicted molar refractivity (Wildman–Crippen MR) is 42.7 cm³/mol. The van der Waals surface area contributed by atoms with Crippen LogP contribution >= 0.6 is 0 Å². The Morgan fingerprint density at radius 3 is 2.11 bits per heavy atom. The molecule has 0 unspecified atom stereocenters. The van der Waals surface area contributed by atoms with Crippen molar-refractivity contribution in [2.75, 3.05) is 0 Å². The van der Waals surface area contributed by atoms with Crippen molar-refractivity contribution < 1.29 is 0 Å². The van der Waals surface area contributed by atoms with Crippen molar-refractivity contribution >= 4 is 6.72 Å². The van der Waals surface area contributed by atoms with Crippen molar-refractivity contribution in [2.24, 2.45) is 4.99 Å². The minimum Gasteiger partial charge on any atom is -0.265 e. The van der Waals surface area contributed by atoms with E-state index in [9.17, 15) is 0 Å². The smallest absolute Gasteiger partial charge is 0.0605 e. The molecule has 0 aliphatic rings. The van der Waals surface area contributed by atoms with Crippen LogP contribution in [0.1, 0.15) is 20.8 Å². The summed E-state index contributed by atoms with van der Waals surface area (Å²) in [6.07, 6.45) is 3.90. The molecule has 50 valence electrons. The van der Waals surface area contributed by atoms with Gasteiger partial charge in [-0.15, -0.1) is 0 Å². The summed E-state index contributed by atoms with van der Waals surface area (Å²) in [7, 11) is 0. The molecule has 9 heavy (non-hydrogen) atoms. The quantitative estimate of drug-likeness (QED) is 0.395. The molecule has 0 aromatic rings. The molecule has 0 aliphatic carbocycles. The number of hydrogen-bond donors (Lipinski definition) is 0. The lowest BCUT2D eigenvalue weighted by molar-refractivity contribution is 1.26. The molecule has 0 spiro atoms. The molecule has 0 aromatic heterocycles. The Bertz CT molecular complexity index is 148. The van der Waals surface area contributed by atoms with Crippen molar-refractivity contribution in [1.82, 2.24) is 0 Å². The first-order chi connectivity index (χ1) is 4.22. The van der Waals surface area contributed by atoms with Gasteiger partial charge in [0.05, 0.1) is 5.70 Å². The second-order valence-corrected chi connectivity index (χ2v) is 2.04. The molecular formula is C8H13N. The Morgan fingerprint density at radius 1 is 1.44 bits per heavy atom. The fourth-order valence-corrected chi connectivity index (χ4v) is 0.535. The molecular weight excluding hydrogens is 110 g/mol. The normalized spacial score (nSPS) is 9.67. The van der Waals surface area contributed by atoms with E-state index in [1.165, 1.54) is 5.57 Å². The SMILES string of the molecule is C=NC(/C=C\C)=C(C)C. The van der Waals surface area contributed by atoms with Gasteiger partial charge >= 0.3 is 0 Å². The van der Waals surface area contributed by atoms with Crippen molar-refractivity contribution in [1.29, 1.82) is 0 Å². The molecule has 0 fully saturated rings. The van der Waals surface area contributed by atoms with Crippen LogP contribution in [0.3, 0.4) is 0 Å². The molecule has 0 radical (unpaired) electrons. The van der Waals surface area contributed by atoms with Gasteiger partial charge in [-0.25, -0.2) is 0 Å². The molecule has 0 atom stereocenters. The standard InChI is InChI=1S/C8H13N/c1-5-6-8(9-4)7(2)3/h5-6H,4H2,1-3H3/b6-5-. The molecule has 0 saturated carbocycles. The topological polar surface area (TPSA) is 12.4 Å². The zero-order valence-corrected chi connectivity index (χ0v) is 6.31. The van der Waals surface area contributed by atoms with Gasteiger partial charge in [0.15, 0.2) is 0 Å². The highest BCUT2D eigenvalue weighted by atomic mass is 14.7. The van der Waals surface area contributed by atoms with Crippen LogP contribution in [0.4, 0.5) is 0 Å². The minimum absolute atomic E-state index is 0.970. The first kappa shape index (κ1) is 8.15. The zero-order chi connectivity index (χ0) is 7.28. The largest absolute Gasteiger partial charge is 0.265 e. The minimum atomic E-state index is 0.970. The van der Waals surface area contributed by atoms with Crippen LogP contribution in [0.2, 0.25) is 0 Å². The van der Waals surface area contributed by atoms with E-state index < -0.39 is 0 Å². The fourth-order valence-electron chi connectivity index (χ4n) is 0.535. The second kappa shape index (κ2) is 4.07. The third-order valence-corrected chi connectivity index (χ3v) is 1.01. The molecule has 0 N–H and O–H groups in total. The summed E-state index contributed by atoms with van der Waals surface area (Å²) >= 11 is 0. The Kier molecular flexibility index (Phi) is 3.69. The molecule has 1 nitrogen and oxygen atoms in total. The molecule has 0 bridgehead atoms. The van der Waals surface area contributed by atoms with Crippen molar-refractivity contribution in [3.63, 3.8) is 0 Å². The Hall–Kier alpha value is -0.850. The lowest BCUT2D eigenvalue weighted by Crippen LogP contribution is -1.74. The third kappa shape index (κ3) is 2.85. The predicted octanol–water partition coefficient (Wildman–Crippen LogP) is 2.56. The highest BCUT2D eigenvalue weighted by Gasteiger charge is 1.85. The number of aliphatic imine (C=N–C) groups is 1. The maximum atomic E-state index is 3.82. The monoisotopic (exact) mass is 123 g/mol. The number of nitrogens with zero attached hydrogens (tertiary/aromatic N) is 1. The van der Waals surface area contributed by atoms with E-state index >= 15 is 0 Å². The first-order valence-electron chi connectivity index (χ1n) is 2.99. The summed E-state index contributed by atoms with van der Waals surface area (Å²) in [6, 6.07) is 0. The van der Waals surface area contributed by atoms with Gasteiger partial charge in [-0.2, -0.15) is 0 Å². The number of rotatable bonds is 2. The number of allylic oxidation sites excluding steroid dienone is 3. The molecule has 1 heteroatoms. The van der Waals surface area contributed by atoms with Crippen LogP contribution in [0, 0.1) is 0 Å². The van der Waals surface area contributed by atoms with Gasteiger partial charge in [0, 0.05) is 0 Å². The molecule has 0 heterocycles. The van der Waals surface area contributed by atoms with Gasteiger partial charge < -0.3 is 0 Å². The summed E-state index contributed by atoms with van der Waals surface area (Å²) < 4.78 is 0. The van der Waals surface area contributed by atoms with Gasteiger partial charge in [0.25, 0.3) is 0 Å².